The van der Waals surface area contributed by atoms with Crippen LogP contribution in [0.15, 0.2) is 30.3 Å². The summed E-state index contributed by atoms with van der Waals surface area (Å²) in [6, 6.07) is 10.1. The van der Waals surface area contributed by atoms with Gasteiger partial charge in [0.05, 0.1) is 6.54 Å². The number of nitrogens with one attached hydrogen (secondary N) is 2. The van der Waals surface area contributed by atoms with Gasteiger partial charge in [-0.05, 0) is 18.6 Å². The fraction of sp³-hybridized carbons (Fsp3) is 0.333. The topological polar surface area (TPSA) is 53.6 Å². The van der Waals surface area contributed by atoms with Crippen molar-refractivity contribution < 1.29 is 0 Å². The smallest absolute Gasteiger partial charge is 0.150 e. The molecule has 1 heterocycles. The minimum atomic E-state index is 0.681. The molecule has 0 atom stereocenters. The van der Waals surface area contributed by atoms with E-state index in [-0.39, 0.29) is 0 Å². The molecule has 0 saturated heterocycles. The van der Waals surface area contributed by atoms with Crippen molar-refractivity contribution in [2.45, 2.75) is 26.3 Å². The molecule has 16 heavy (non-hydrogen) atoms. The molecule has 0 aliphatic rings. The number of H-pyrrole nitrogens is 1. The summed E-state index contributed by atoms with van der Waals surface area (Å²) in [5, 5.41) is 10.4. The van der Waals surface area contributed by atoms with Gasteiger partial charge in [0.15, 0.2) is 5.82 Å². The van der Waals surface area contributed by atoms with Crippen LogP contribution in [0, 0.1) is 0 Å². The zero-order chi connectivity index (χ0) is 11.2. The fourth-order valence-corrected chi connectivity index (χ4v) is 1.49. The first-order chi connectivity index (χ1) is 7.88. The van der Waals surface area contributed by atoms with Crippen LogP contribution in [0.25, 0.3) is 0 Å². The Bertz CT molecular complexity index is 422. The summed E-state index contributed by atoms with van der Waals surface area (Å²) in [7, 11) is 0. The van der Waals surface area contributed by atoms with Crippen molar-refractivity contribution in [1.29, 1.82) is 0 Å². The number of hydrogen-bond donors (Lipinski definition) is 2. The van der Waals surface area contributed by atoms with Crippen LogP contribution in [0.2, 0.25) is 0 Å². The van der Waals surface area contributed by atoms with E-state index in [0.29, 0.717) is 6.54 Å². The molecule has 2 rings (SSSR count). The molecular weight excluding hydrogens is 200 g/mol. The van der Waals surface area contributed by atoms with Crippen LogP contribution in [0.5, 0.6) is 0 Å². The number of aromatic amines is 1. The van der Waals surface area contributed by atoms with E-state index >= 15 is 0 Å². The van der Waals surface area contributed by atoms with Gasteiger partial charge in [-0.25, -0.2) is 4.98 Å². The highest BCUT2D eigenvalue weighted by molar-refractivity contribution is 5.42. The number of para-hydroxylation sites is 1. The van der Waals surface area contributed by atoms with Gasteiger partial charge >= 0.3 is 0 Å². The molecule has 0 bridgehead atoms. The molecular formula is C12H16N4. The fourth-order valence-electron chi connectivity index (χ4n) is 1.49. The lowest BCUT2D eigenvalue weighted by molar-refractivity contribution is 0.841. The Morgan fingerprint density at radius 3 is 2.81 bits per heavy atom. The highest BCUT2D eigenvalue weighted by atomic mass is 15.2. The van der Waals surface area contributed by atoms with Gasteiger partial charge in [-0.15, -0.1) is 0 Å². The van der Waals surface area contributed by atoms with Crippen molar-refractivity contribution >= 4 is 5.69 Å². The molecule has 2 aromatic rings. The molecule has 0 aliphatic carbocycles. The SMILES string of the molecule is CCCc1n[nH]c(CNc2ccccc2)n1. The Hall–Kier alpha value is -1.84. The van der Waals surface area contributed by atoms with E-state index in [1.165, 1.54) is 0 Å². The summed E-state index contributed by atoms with van der Waals surface area (Å²) in [5.41, 5.74) is 1.09. The lowest BCUT2D eigenvalue weighted by Crippen LogP contribution is -2.01. The van der Waals surface area contributed by atoms with Crippen molar-refractivity contribution in [3.8, 4) is 0 Å². The molecule has 0 spiro atoms. The van der Waals surface area contributed by atoms with E-state index in [1.54, 1.807) is 0 Å². The van der Waals surface area contributed by atoms with Gasteiger partial charge in [0, 0.05) is 12.1 Å². The van der Waals surface area contributed by atoms with Crippen molar-refractivity contribution in [1.82, 2.24) is 15.2 Å². The molecule has 1 aromatic heterocycles. The number of rotatable bonds is 5. The summed E-state index contributed by atoms with van der Waals surface area (Å²) >= 11 is 0. The number of nitrogens with zero attached hydrogens (tertiary/aromatic N) is 2. The first-order valence-corrected chi connectivity index (χ1v) is 5.57. The Balaban J connectivity index is 1.89. The molecule has 0 fully saturated rings. The van der Waals surface area contributed by atoms with E-state index in [4.69, 9.17) is 0 Å². The van der Waals surface area contributed by atoms with Crippen molar-refractivity contribution in [2.75, 3.05) is 5.32 Å². The minimum absolute atomic E-state index is 0.681. The average molecular weight is 216 g/mol. The van der Waals surface area contributed by atoms with E-state index in [9.17, 15) is 0 Å². The van der Waals surface area contributed by atoms with Crippen LogP contribution >= 0.6 is 0 Å². The van der Waals surface area contributed by atoms with Crippen LogP contribution in [-0.4, -0.2) is 15.2 Å². The van der Waals surface area contributed by atoms with E-state index in [1.807, 2.05) is 30.3 Å². The summed E-state index contributed by atoms with van der Waals surface area (Å²) in [4.78, 5) is 4.39. The van der Waals surface area contributed by atoms with Crippen LogP contribution < -0.4 is 5.32 Å². The van der Waals surface area contributed by atoms with Gasteiger partial charge in [-0.3, -0.25) is 5.10 Å². The van der Waals surface area contributed by atoms with Crippen LogP contribution in [0.1, 0.15) is 25.0 Å². The van der Waals surface area contributed by atoms with Crippen molar-refractivity contribution in [3.05, 3.63) is 42.0 Å². The normalized spacial score (nSPS) is 10.3. The first kappa shape index (κ1) is 10.7. The third-order valence-electron chi connectivity index (χ3n) is 2.29. The highest BCUT2D eigenvalue weighted by Gasteiger charge is 2.01. The second kappa shape index (κ2) is 5.30. The molecule has 1 aromatic carbocycles. The zero-order valence-electron chi connectivity index (χ0n) is 9.40. The average Bonchev–Trinajstić information content (AvgIpc) is 2.76. The second-order valence-electron chi connectivity index (χ2n) is 3.67. The van der Waals surface area contributed by atoms with Gasteiger partial charge in [-0.1, -0.05) is 25.1 Å². The number of aryl methyl sites for hydroxylation is 1. The van der Waals surface area contributed by atoms with E-state index in [2.05, 4.69) is 27.4 Å². The molecule has 0 aliphatic heterocycles. The summed E-state index contributed by atoms with van der Waals surface area (Å²) < 4.78 is 0. The van der Waals surface area contributed by atoms with E-state index in [0.717, 1.165) is 30.2 Å². The number of hydrogen-bond acceptors (Lipinski definition) is 3. The van der Waals surface area contributed by atoms with Gasteiger partial charge < -0.3 is 5.32 Å². The molecule has 2 N–H and O–H groups in total. The maximum absolute atomic E-state index is 4.39. The molecule has 0 radical (unpaired) electrons. The minimum Gasteiger partial charge on any atom is -0.378 e. The summed E-state index contributed by atoms with van der Waals surface area (Å²) in [6.45, 7) is 2.80. The first-order valence-electron chi connectivity index (χ1n) is 5.57. The largest absolute Gasteiger partial charge is 0.378 e. The molecule has 84 valence electrons. The van der Waals surface area contributed by atoms with Gasteiger partial charge in [0.2, 0.25) is 0 Å². The summed E-state index contributed by atoms with van der Waals surface area (Å²) in [5.74, 6) is 1.78. The number of benzene rings is 1. The maximum atomic E-state index is 4.39. The Kier molecular flexibility index (Phi) is 3.53. The van der Waals surface area contributed by atoms with Crippen molar-refractivity contribution in [3.63, 3.8) is 0 Å². The number of anilines is 1. The van der Waals surface area contributed by atoms with Gasteiger partial charge in [0.25, 0.3) is 0 Å². The van der Waals surface area contributed by atoms with Gasteiger partial charge in [0.1, 0.15) is 5.82 Å². The molecule has 0 saturated carbocycles. The maximum Gasteiger partial charge on any atom is 0.150 e. The second-order valence-corrected chi connectivity index (χ2v) is 3.67. The summed E-state index contributed by atoms with van der Waals surface area (Å²) in [6.07, 6.45) is 2.01. The lowest BCUT2D eigenvalue weighted by Gasteiger charge is -2.02. The Morgan fingerprint density at radius 1 is 1.25 bits per heavy atom. The number of aromatic nitrogens is 3. The third-order valence-corrected chi connectivity index (χ3v) is 2.29. The van der Waals surface area contributed by atoms with Crippen molar-refractivity contribution in [2.24, 2.45) is 0 Å². The van der Waals surface area contributed by atoms with Gasteiger partial charge in [-0.2, -0.15) is 5.10 Å². The van der Waals surface area contributed by atoms with Crippen LogP contribution in [-0.2, 0) is 13.0 Å². The standard InChI is InChI=1S/C12H16N4/c1-2-6-11-14-12(16-15-11)9-13-10-7-4-3-5-8-10/h3-5,7-8,13H,2,6,9H2,1H3,(H,14,15,16). The Morgan fingerprint density at radius 2 is 2.06 bits per heavy atom. The highest BCUT2D eigenvalue weighted by Crippen LogP contribution is 2.06. The third kappa shape index (κ3) is 2.82. The Labute approximate surface area is 95.1 Å². The van der Waals surface area contributed by atoms with Crippen LogP contribution in [0.4, 0.5) is 5.69 Å². The van der Waals surface area contributed by atoms with Crippen LogP contribution in [0.3, 0.4) is 0 Å². The quantitative estimate of drug-likeness (QED) is 0.806. The predicted octanol–water partition coefficient (Wildman–Crippen LogP) is 2.37. The molecule has 4 nitrogen and oxygen atoms in total. The molecule has 0 amide bonds. The lowest BCUT2D eigenvalue weighted by atomic mass is 10.3. The molecule has 4 heteroatoms. The monoisotopic (exact) mass is 216 g/mol. The zero-order valence-corrected chi connectivity index (χ0v) is 9.40. The molecule has 0 unspecified atom stereocenters. The van der Waals surface area contributed by atoms with E-state index < -0.39 is 0 Å². The predicted molar refractivity (Wildman–Crippen MR) is 64.1 cm³/mol.